The van der Waals surface area contributed by atoms with Gasteiger partial charge in [0.25, 0.3) is 0 Å². The van der Waals surface area contributed by atoms with Crippen molar-refractivity contribution in [2.24, 2.45) is 4.99 Å². The molecule has 0 fully saturated rings. The molecular weight excluding hydrogens is 925 g/mol. The van der Waals surface area contributed by atoms with Gasteiger partial charge in [-0.25, -0.2) is 9.98 Å². The lowest BCUT2D eigenvalue weighted by atomic mass is 9.94. The molecule has 76 heavy (non-hydrogen) atoms. The van der Waals surface area contributed by atoms with E-state index in [9.17, 15) is 0 Å². The molecule has 0 radical (unpaired) electrons. The predicted molar refractivity (Wildman–Crippen MR) is 315 cm³/mol. The van der Waals surface area contributed by atoms with Crippen LogP contribution in [0, 0.1) is 0 Å². The highest BCUT2D eigenvalue weighted by molar-refractivity contribution is 6.18. The minimum absolute atomic E-state index is 0.548. The monoisotopic (exact) mass is 972 g/mol. The summed E-state index contributed by atoms with van der Waals surface area (Å²) in [5.74, 6) is 1.76. The highest BCUT2D eigenvalue weighted by atomic mass is 15.2. The summed E-state index contributed by atoms with van der Waals surface area (Å²) in [5, 5.41) is 4.62. The van der Waals surface area contributed by atoms with E-state index >= 15 is 0 Å². The fourth-order valence-corrected chi connectivity index (χ4v) is 11.1. The zero-order valence-corrected chi connectivity index (χ0v) is 41.5. The first kappa shape index (κ1) is 44.6. The average molecular weight is 973 g/mol. The van der Waals surface area contributed by atoms with E-state index < -0.39 is 0 Å². The topological polar surface area (TPSA) is 60.9 Å². The zero-order chi connectivity index (χ0) is 50.4. The zero-order valence-electron chi connectivity index (χ0n) is 41.5. The van der Waals surface area contributed by atoms with Crippen molar-refractivity contribution in [3.8, 4) is 56.7 Å². The summed E-state index contributed by atoms with van der Waals surface area (Å²) < 4.78 is 4.59. The maximum atomic E-state index is 5.49. The van der Waals surface area contributed by atoms with Crippen molar-refractivity contribution in [2.45, 2.75) is 12.8 Å². The molecule has 0 bridgehead atoms. The van der Waals surface area contributed by atoms with E-state index in [-0.39, 0.29) is 0 Å². The maximum absolute atomic E-state index is 5.49. The first-order valence-electron chi connectivity index (χ1n) is 25.9. The van der Waals surface area contributed by atoms with Crippen LogP contribution in [-0.4, -0.2) is 29.8 Å². The van der Waals surface area contributed by atoms with Crippen molar-refractivity contribution >= 4 is 60.6 Å². The van der Waals surface area contributed by atoms with Crippen LogP contribution in [0.25, 0.3) is 112 Å². The van der Waals surface area contributed by atoms with Gasteiger partial charge in [-0.15, -0.1) is 0 Å². The van der Waals surface area contributed by atoms with E-state index in [1.807, 2.05) is 36.4 Å². The van der Waals surface area contributed by atoms with Crippen molar-refractivity contribution in [3.63, 3.8) is 0 Å². The summed E-state index contributed by atoms with van der Waals surface area (Å²) in [6.45, 7) is 0. The number of aliphatic imine (C=N–C) groups is 1. The molecule has 0 spiro atoms. The van der Waals surface area contributed by atoms with Crippen molar-refractivity contribution in [1.29, 1.82) is 0 Å². The largest absolute Gasteiger partial charge is 0.309 e. The van der Waals surface area contributed by atoms with Crippen molar-refractivity contribution in [1.82, 2.24) is 24.1 Å². The summed E-state index contributed by atoms with van der Waals surface area (Å²) in [6.07, 6.45) is 6.34. The molecule has 0 saturated carbocycles. The van der Waals surface area contributed by atoms with Gasteiger partial charge in [0.2, 0.25) is 5.95 Å². The highest BCUT2D eigenvalue weighted by Crippen LogP contribution is 2.42. The quantitative estimate of drug-likeness (QED) is 0.145. The maximum Gasteiger partial charge on any atom is 0.238 e. The van der Waals surface area contributed by atoms with Crippen LogP contribution in [0.2, 0.25) is 0 Å². The predicted octanol–water partition coefficient (Wildman–Crippen LogP) is 17.4. The van der Waals surface area contributed by atoms with Gasteiger partial charge in [-0.2, -0.15) is 9.97 Å². The Morgan fingerprint density at radius 2 is 0.868 bits per heavy atom. The molecule has 0 N–H and O–H groups in total. The third kappa shape index (κ3) is 8.10. The second kappa shape index (κ2) is 19.1. The summed E-state index contributed by atoms with van der Waals surface area (Å²) >= 11 is 0. The lowest BCUT2D eigenvalue weighted by molar-refractivity contribution is 0.953. The third-order valence-corrected chi connectivity index (χ3v) is 14.7. The smallest absolute Gasteiger partial charge is 0.238 e. The number of allylic oxidation sites excluding steroid dienone is 3. The number of fused-ring (bicyclic) bond motifs is 6. The molecule has 0 atom stereocenters. The molecule has 1 aliphatic rings. The molecule has 0 saturated heterocycles. The fraction of sp³-hybridized carbons (Fsp3) is 0.0286. The van der Waals surface area contributed by atoms with Crippen LogP contribution in [0.15, 0.2) is 272 Å². The number of aromatic nitrogens is 5. The Morgan fingerprint density at radius 1 is 0.342 bits per heavy atom. The average Bonchev–Trinajstić information content (AvgIpc) is 4.14. The Bertz CT molecular complexity index is 4360. The number of hydrogen-bond acceptors (Lipinski definition) is 4. The molecule has 0 unspecified atom stereocenters. The van der Waals surface area contributed by atoms with E-state index in [1.54, 1.807) is 0 Å². The molecule has 3 aromatic heterocycles. The first-order chi connectivity index (χ1) is 37.7. The molecule has 1 aliphatic heterocycles. The van der Waals surface area contributed by atoms with Gasteiger partial charge in [-0.05, 0) is 107 Å². The van der Waals surface area contributed by atoms with Crippen LogP contribution >= 0.6 is 0 Å². The van der Waals surface area contributed by atoms with Crippen LogP contribution < -0.4 is 0 Å². The van der Waals surface area contributed by atoms with E-state index in [4.69, 9.17) is 19.9 Å². The Morgan fingerprint density at radius 3 is 1.55 bits per heavy atom. The van der Waals surface area contributed by atoms with Gasteiger partial charge in [0.15, 0.2) is 11.6 Å². The van der Waals surface area contributed by atoms with Crippen molar-refractivity contribution in [3.05, 3.63) is 284 Å². The Kier molecular flexibility index (Phi) is 11.2. The number of nitrogens with zero attached hydrogens (tertiary/aromatic N) is 6. The summed E-state index contributed by atoms with van der Waals surface area (Å²) in [6, 6.07) is 90.2. The molecule has 13 aromatic rings. The molecule has 4 heterocycles. The highest BCUT2D eigenvalue weighted by Gasteiger charge is 2.22. The summed E-state index contributed by atoms with van der Waals surface area (Å²) in [7, 11) is 0. The first-order valence-corrected chi connectivity index (χ1v) is 25.9. The minimum atomic E-state index is 0.548. The molecule has 0 aliphatic carbocycles. The van der Waals surface area contributed by atoms with E-state index in [0.717, 1.165) is 96.3 Å². The van der Waals surface area contributed by atoms with Gasteiger partial charge in [-0.1, -0.05) is 206 Å². The van der Waals surface area contributed by atoms with Gasteiger partial charge in [0, 0.05) is 49.5 Å². The summed E-state index contributed by atoms with van der Waals surface area (Å²) in [4.78, 5) is 21.2. The normalized spacial score (nSPS) is 13.6. The van der Waals surface area contributed by atoms with Crippen LogP contribution in [0.5, 0.6) is 0 Å². The summed E-state index contributed by atoms with van der Waals surface area (Å²) in [5.41, 5.74) is 18.3. The minimum Gasteiger partial charge on any atom is -0.309 e. The van der Waals surface area contributed by atoms with E-state index in [2.05, 4.69) is 240 Å². The van der Waals surface area contributed by atoms with Gasteiger partial charge in [0.05, 0.1) is 33.5 Å². The van der Waals surface area contributed by atoms with Gasteiger partial charge >= 0.3 is 0 Å². The van der Waals surface area contributed by atoms with Gasteiger partial charge in [-0.3, -0.25) is 4.57 Å². The van der Waals surface area contributed by atoms with Crippen LogP contribution in [0.3, 0.4) is 0 Å². The molecule has 6 heteroatoms. The molecule has 6 nitrogen and oxygen atoms in total. The van der Waals surface area contributed by atoms with Crippen LogP contribution in [0.1, 0.15) is 29.5 Å². The lowest BCUT2D eigenvalue weighted by Crippen LogP contribution is -2.06. The second-order valence-electron chi connectivity index (χ2n) is 19.3. The van der Waals surface area contributed by atoms with Crippen LogP contribution in [-0.2, 0) is 0 Å². The fourth-order valence-electron chi connectivity index (χ4n) is 11.1. The number of benzene rings is 10. The molecular formula is C70H48N6. The molecule has 0 amide bonds. The lowest BCUT2D eigenvalue weighted by Gasteiger charge is -2.15. The number of para-hydroxylation sites is 2. The second-order valence-corrected chi connectivity index (χ2v) is 19.3. The Balaban J connectivity index is 0.975. The molecule has 14 rings (SSSR count). The SMILES string of the molecule is C1=C(c2cccc(-c3cccc4c3c3cc(-c5ccc6c(c5)c5ccccc5n6-c5ccccc5)ccc3n4-c3nc(-c4ccccc4)nc(-c4ccccc4)n3)c2)N=C(c2ccccc2)/C=C(/c2ccccc2)CC1. The Labute approximate surface area is 440 Å². The third-order valence-electron chi connectivity index (χ3n) is 14.7. The van der Waals surface area contributed by atoms with Gasteiger partial charge < -0.3 is 4.57 Å². The van der Waals surface area contributed by atoms with Crippen molar-refractivity contribution < 1.29 is 0 Å². The molecule has 10 aromatic carbocycles. The van der Waals surface area contributed by atoms with E-state index in [0.29, 0.717) is 17.6 Å². The molecule has 358 valence electrons. The van der Waals surface area contributed by atoms with Crippen LogP contribution in [0.4, 0.5) is 0 Å². The van der Waals surface area contributed by atoms with E-state index in [1.165, 1.54) is 32.9 Å². The standard InChI is InChI=1S/C70H48N6/c1-6-21-47(22-7-1)51-29-19-36-61(71-62(46-51)48-23-8-2-9-24-48)55-31-18-30-54(43-55)57-35-20-38-66-67(57)60-45-53(52-39-41-64-59(44-52)58-34-16-17-37-63(58)75(64)56-32-14-5-15-33-56)40-42-65(60)76(66)70-73-68(49-25-10-3-11-26-49)72-69(74-70)50-27-12-4-13-28-50/h1-18,20-28,30-46H,19,29H2/b51-46+,61-36?,71-62?. The van der Waals surface area contributed by atoms with Gasteiger partial charge in [0.1, 0.15) is 0 Å². The van der Waals surface area contributed by atoms with Crippen molar-refractivity contribution in [2.75, 3.05) is 0 Å². The number of hydrogen-bond donors (Lipinski definition) is 0. The number of rotatable bonds is 9. The Hall–Kier alpha value is -10.0.